The lowest BCUT2D eigenvalue weighted by Gasteiger charge is -2.11. The molecule has 0 spiro atoms. The minimum atomic E-state index is -0.792. The van der Waals surface area contributed by atoms with Gasteiger partial charge in [-0.15, -0.1) is 0 Å². The first-order valence-corrected chi connectivity index (χ1v) is 6.41. The zero-order valence-corrected chi connectivity index (χ0v) is 11.4. The predicted molar refractivity (Wildman–Crippen MR) is 75.1 cm³/mol. The highest BCUT2D eigenvalue weighted by Crippen LogP contribution is 1.96. The molecule has 10 heteroatoms. The molecule has 0 aromatic carbocycles. The van der Waals surface area contributed by atoms with Crippen molar-refractivity contribution in [2.75, 3.05) is 19.6 Å². The highest BCUT2D eigenvalue weighted by Gasteiger charge is 2.11. The lowest BCUT2D eigenvalue weighted by Crippen LogP contribution is -2.41. The lowest BCUT2D eigenvalue weighted by atomic mass is 10.1. The van der Waals surface area contributed by atoms with E-state index in [9.17, 15) is 14.9 Å². The molecular weight excluding hydrogens is 266 g/mol. The van der Waals surface area contributed by atoms with Crippen LogP contribution in [0.5, 0.6) is 0 Å². The summed E-state index contributed by atoms with van der Waals surface area (Å²) in [5.74, 6) is -0.489. The highest BCUT2D eigenvalue weighted by molar-refractivity contribution is 5.81. The first-order valence-electron chi connectivity index (χ1n) is 6.41. The van der Waals surface area contributed by atoms with E-state index in [4.69, 9.17) is 17.2 Å². The third-order valence-electron chi connectivity index (χ3n) is 2.43. The summed E-state index contributed by atoms with van der Waals surface area (Å²) < 4.78 is 0. The van der Waals surface area contributed by atoms with E-state index in [0.29, 0.717) is 25.9 Å². The molecule has 1 amide bonds. The minimum absolute atomic E-state index is 0.220. The number of nitrogens with one attached hydrogen (secondary N) is 2. The van der Waals surface area contributed by atoms with Crippen LogP contribution in [0, 0.1) is 10.1 Å². The molecule has 1 atom stereocenters. The Bertz CT molecular complexity index is 335. The molecule has 116 valence electrons. The molecule has 0 unspecified atom stereocenters. The van der Waals surface area contributed by atoms with Crippen molar-refractivity contribution in [3.8, 4) is 0 Å². The van der Waals surface area contributed by atoms with Crippen LogP contribution in [0.15, 0.2) is 4.99 Å². The number of hydrazine groups is 1. The molecule has 10 nitrogen and oxygen atoms in total. The van der Waals surface area contributed by atoms with Crippen LogP contribution in [-0.4, -0.2) is 42.6 Å². The largest absolute Gasteiger partial charge is 0.365 e. The number of carbonyl (C=O) groups is 1. The molecule has 20 heavy (non-hydrogen) atoms. The number of hydrogen-bond acceptors (Lipinski definition) is 6. The zero-order valence-electron chi connectivity index (χ0n) is 11.4. The van der Waals surface area contributed by atoms with Gasteiger partial charge in [-0.3, -0.25) is 4.79 Å². The van der Waals surface area contributed by atoms with E-state index in [1.165, 1.54) is 0 Å². The fraction of sp³-hybridized carbons (Fsp3) is 0.800. The van der Waals surface area contributed by atoms with Gasteiger partial charge in [0.05, 0.1) is 6.04 Å². The SMILES string of the molecule is NCCCCNC(=O)[C@@H](N)CCCN=C(N)N[N+](=O)[O-]. The van der Waals surface area contributed by atoms with Crippen LogP contribution in [0.4, 0.5) is 0 Å². The minimum Gasteiger partial charge on any atom is -0.365 e. The van der Waals surface area contributed by atoms with Gasteiger partial charge < -0.3 is 22.5 Å². The van der Waals surface area contributed by atoms with Crippen LogP contribution in [-0.2, 0) is 4.79 Å². The third kappa shape index (κ3) is 10.0. The zero-order chi connectivity index (χ0) is 15.4. The maximum absolute atomic E-state index is 11.6. The number of nitrogens with two attached hydrogens (primary N) is 3. The Kier molecular flexibility index (Phi) is 9.87. The monoisotopic (exact) mass is 289 g/mol. The summed E-state index contributed by atoms with van der Waals surface area (Å²) in [6.07, 6.45) is 2.62. The summed E-state index contributed by atoms with van der Waals surface area (Å²) in [5.41, 5.74) is 18.0. The van der Waals surface area contributed by atoms with Gasteiger partial charge in [-0.05, 0) is 32.2 Å². The van der Waals surface area contributed by atoms with E-state index in [2.05, 4.69) is 10.3 Å². The van der Waals surface area contributed by atoms with E-state index in [0.717, 1.165) is 12.8 Å². The molecule has 0 saturated heterocycles. The standard InChI is InChI=1S/C10H23N7O3/c11-5-1-2-6-14-9(18)8(12)4-3-7-15-10(13)16-17(19)20/h8H,1-7,11-12H2,(H,14,18)(H3,13,15,16)/t8-/m0/s1. The smallest absolute Gasteiger partial charge is 0.251 e. The summed E-state index contributed by atoms with van der Waals surface area (Å²) in [7, 11) is 0. The summed E-state index contributed by atoms with van der Waals surface area (Å²) in [5, 5.41) is 12.0. The van der Waals surface area contributed by atoms with Gasteiger partial charge in [0.1, 0.15) is 0 Å². The Hall–Kier alpha value is -1.94. The number of nitrogens with zero attached hydrogens (tertiary/aromatic N) is 2. The second-order valence-electron chi connectivity index (χ2n) is 4.17. The molecule has 0 radical (unpaired) electrons. The number of rotatable bonds is 10. The summed E-state index contributed by atoms with van der Waals surface area (Å²) in [6.45, 7) is 1.42. The number of guanidine groups is 1. The molecule has 0 rings (SSSR count). The number of nitro groups is 1. The van der Waals surface area contributed by atoms with E-state index in [-0.39, 0.29) is 18.4 Å². The van der Waals surface area contributed by atoms with Gasteiger partial charge in [0.2, 0.25) is 5.91 Å². The maximum atomic E-state index is 11.6. The fourth-order valence-corrected chi connectivity index (χ4v) is 1.38. The quantitative estimate of drug-likeness (QED) is 0.102. The Morgan fingerprint density at radius 1 is 1.35 bits per heavy atom. The Morgan fingerprint density at radius 2 is 2.05 bits per heavy atom. The third-order valence-corrected chi connectivity index (χ3v) is 2.43. The predicted octanol–water partition coefficient (Wildman–Crippen LogP) is -1.95. The maximum Gasteiger partial charge on any atom is 0.251 e. The van der Waals surface area contributed by atoms with Crippen molar-refractivity contribution in [1.29, 1.82) is 0 Å². The van der Waals surface area contributed by atoms with E-state index >= 15 is 0 Å². The summed E-state index contributed by atoms with van der Waals surface area (Å²) in [4.78, 5) is 25.3. The topological polar surface area (TPSA) is 175 Å². The van der Waals surface area contributed by atoms with Gasteiger partial charge in [-0.1, -0.05) is 5.43 Å². The van der Waals surface area contributed by atoms with Crippen molar-refractivity contribution in [1.82, 2.24) is 10.7 Å². The van der Waals surface area contributed by atoms with Crippen molar-refractivity contribution < 1.29 is 9.83 Å². The van der Waals surface area contributed by atoms with Crippen LogP contribution in [0.2, 0.25) is 0 Å². The highest BCUT2D eigenvalue weighted by atomic mass is 16.7. The lowest BCUT2D eigenvalue weighted by molar-refractivity contribution is -0.525. The van der Waals surface area contributed by atoms with Crippen molar-refractivity contribution >= 4 is 11.9 Å². The van der Waals surface area contributed by atoms with Gasteiger partial charge >= 0.3 is 0 Å². The van der Waals surface area contributed by atoms with Gasteiger partial charge in [0.25, 0.3) is 5.96 Å². The molecule has 0 bridgehead atoms. The first-order chi connectivity index (χ1) is 9.47. The van der Waals surface area contributed by atoms with Crippen LogP contribution >= 0.6 is 0 Å². The molecule has 0 aliphatic rings. The second-order valence-corrected chi connectivity index (χ2v) is 4.17. The Balaban J connectivity index is 3.73. The van der Waals surface area contributed by atoms with E-state index in [1.54, 1.807) is 5.43 Å². The molecule has 8 N–H and O–H groups in total. The molecule has 0 fully saturated rings. The Labute approximate surface area is 117 Å². The van der Waals surface area contributed by atoms with Crippen molar-refractivity contribution in [3.63, 3.8) is 0 Å². The van der Waals surface area contributed by atoms with Crippen LogP contribution in [0.25, 0.3) is 0 Å². The number of unbranched alkanes of at least 4 members (excludes halogenated alkanes) is 1. The van der Waals surface area contributed by atoms with Gasteiger partial charge in [-0.2, -0.15) is 0 Å². The van der Waals surface area contributed by atoms with Gasteiger partial charge in [0.15, 0.2) is 5.03 Å². The molecule has 0 heterocycles. The fourth-order valence-electron chi connectivity index (χ4n) is 1.38. The van der Waals surface area contributed by atoms with Gasteiger partial charge in [0, 0.05) is 13.1 Å². The molecule has 0 aromatic rings. The van der Waals surface area contributed by atoms with Crippen molar-refractivity contribution in [2.45, 2.75) is 31.7 Å². The normalized spacial score (nSPS) is 12.8. The summed E-state index contributed by atoms with van der Waals surface area (Å²) in [6, 6.07) is -0.618. The van der Waals surface area contributed by atoms with E-state index < -0.39 is 11.1 Å². The van der Waals surface area contributed by atoms with Crippen LogP contribution in [0.3, 0.4) is 0 Å². The Morgan fingerprint density at radius 3 is 2.65 bits per heavy atom. The molecular formula is C10H23N7O3. The average molecular weight is 289 g/mol. The molecule has 0 aliphatic carbocycles. The summed E-state index contributed by atoms with van der Waals surface area (Å²) >= 11 is 0. The van der Waals surface area contributed by atoms with Crippen LogP contribution < -0.4 is 27.9 Å². The molecule has 0 aromatic heterocycles. The molecule has 0 saturated carbocycles. The van der Waals surface area contributed by atoms with Crippen molar-refractivity contribution in [3.05, 3.63) is 10.1 Å². The molecule has 0 aliphatic heterocycles. The van der Waals surface area contributed by atoms with Crippen LogP contribution in [0.1, 0.15) is 25.7 Å². The van der Waals surface area contributed by atoms with Crippen molar-refractivity contribution in [2.24, 2.45) is 22.2 Å². The van der Waals surface area contributed by atoms with Gasteiger partial charge in [-0.25, -0.2) is 15.1 Å². The average Bonchev–Trinajstić information content (AvgIpc) is 2.38. The number of aliphatic imine (C=N–C) groups is 1. The number of carbonyl (C=O) groups excluding carboxylic acids is 1. The van der Waals surface area contributed by atoms with E-state index in [1.807, 2.05) is 0 Å². The number of hydrogen-bond donors (Lipinski definition) is 5. The second kappa shape index (κ2) is 10.9. The first kappa shape index (κ1) is 18.1. The number of amides is 1.